The van der Waals surface area contributed by atoms with Gasteiger partial charge in [0.2, 0.25) is 5.82 Å². The lowest BCUT2D eigenvalue weighted by Crippen LogP contribution is -2.77. The number of pyridine rings is 1. The van der Waals surface area contributed by atoms with Crippen LogP contribution in [0.25, 0.3) is 22.6 Å². The Labute approximate surface area is 244 Å². The Kier molecular flexibility index (Phi) is 5.27. The second-order valence-electron chi connectivity index (χ2n) is 12.8. The highest BCUT2D eigenvalue weighted by Gasteiger charge is 2.77. The van der Waals surface area contributed by atoms with Crippen LogP contribution in [0.2, 0.25) is 0 Å². The van der Waals surface area contributed by atoms with E-state index in [1.165, 1.54) is 36.3 Å². The molecule has 1 N–H and O–H groups in total. The lowest BCUT2D eigenvalue weighted by Gasteiger charge is -2.79. The van der Waals surface area contributed by atoms with Crippen LogP contribution in [0.4, 0.5) is 5.82 Å². The third kappa shape index (κ3) is 3.45. The number of hydrogen-bond acceptors (Lipinski definition) is 8. The van der Waals surface area contributed by atoms with E-state index in [2.05, 4.69) is 60.1 Å². The fraction of sp³-hybridized carbons (Fsp3) is 0.424. The first kappa shape index (κ1) is 24.3. The Balaban J connectivity index is 0.905. The number of likely N-dealkylation sites (tertiary alicyclic amines) is 1. The van der Waals surface area contributed by atoms with Gasteiger partial charge in [0.05, 0.1) is 17.0 Å². The minimum Gasteiger partial charge on any atom is -0.472 e. The first-order chi connectivity index (χ1) is 20.7. The molecule has 0 radical (unpaired) electrons. The Morgan fingerprint density at radius 1 is 1.02 bits per heavy atom. The van der Waals surface area contributed by atoms with Crippen molar-refractivity contribution >= 4 is 5.82 Å². The van der Waals surface area contributed by atoms with E-state index in [1.807, 2.05) is 24.4 Å². The summed E-state index contributed by atoms with van der Waals surface area (Å²) in [5, 5.41) is 12.6. The summed E-state index contributed by atoms with van der Waals surface area (Å²) in [5.74, 6) is 6.05. The number of aromatic nitrogens is 5. The summed E-state index contributed by atoms with van der Waals surface area (Å²) in [6.07, 6.45) is 10.0. The molecule has 42 heavy (non-hydrogen) atoms. The Morgan fingerprint density at radius 3 is 2.64 bits per heavy atom. The van der Waals surface area contributed by atoms with Gasteiger partial charge >= 0.3 is 0 Å². The van der Waals surface area contributed by atoms with Crippen molar-refractivity contribution in [1.29, 1.82) is 5.26 Å². The number of ether oxygens (including phenoxy) is 1. The van der Waals surface area contributed by atoms with Crippen LogP contribution in [0.5, 0.6) is 5.75 Å². The molecule has 3 saturated carbocycles. The predicted octanol–water partition coefficient (Wildman–Crippen LogP) is 4.72. The molecule has 0 spiro atoms. The summed E-state index contributed by atoms with van der Waals surface area (Å²) in [6.45, 7) is 3.93. The van der Waals surface area contributed by atoms with E-state index < -0.39 is 0 Å². The van der Waals surface area contributed by atoms with E-state index in [0.717, 1.165) is 72.6 Å². The normalized spacial score (nSPS) is 28.9. The molecule has 1 aromatic carbocycles. The van der Waals surface area contributed by atoms with Gasteiger partial charge in [-0.1, -0.05) is 30.3 Å². The number of nitrogens with zero attached hydrogens (tertiary/aromatic N) is 7. The fourth-order valence-electron chi connectivity index (χ4n) is 8.99. The number of fused-ring (bicyclic) bond motifs is 3. The molecule has 4 fully saturated rings. The molecule has 210 valence electrons. The van der Waals surface area contributed by atoms with Crippen LogP contribution < -0.4 is 10.1 Å². The molecule has 3 aliphatic carbocycles. The Morgan fingerprint density at radius 2 is 1.86 bits per heavy atom. The van der Waals surface area contributed by atoms with Crippen LogP contribution in [0.1, 0.15) is 37.2 Å². The maximum Gasteiger partial charge on any atom is 0.234 e. The van der Waals surface area contributed by atoms with Crippen LogP contribution in [0, 0.1) is 35.0 Å². The van der Waals surface area contributed by atoms with Crippen LogP contribution in [-0.2, 0) is 12.1 Å². The topological polar surface area (TPSA) is 105 Å². The second kappa shape index (κ2) is 9.10. The number of benzene rings is 1. The van der Waals surface area contributed by atoms with Crippen LogP contribution in [-0.4, -0.2) is 55.1 Å². The zero-order valence-electron chi connectivity index (χ0n) is 23.4. The Bertz CT molecular complexity index is 1710. The van der Waals surface area contributed by atoms with Gasteiger partial charge in [0, 0.05) is 55.2 Å². The van der Waals surface area contributed by atoms with Gasteiger partial charge in [0.1, 0.15) is 23.5 Å². The van der Waals surface area contributed by atoms with Crippen molar-refractivity contribution in [2.24, 2.45) is 23.7 Å². The van der Waals surface area contributed by atoms with Gasteiger partial charge in [0.15, 0.2) is 6.73 Å². The highest BCUT2D eigenvalue weighted by Crippen LogP contribution is 2.80. The van der Waals surface area contributed by atoms with Gasteiger partial charge in [-0.2, -0.15) is 5.26 Å². The van der Waals surface area contributed by atoms with E-state index in [4.69, 9.17) is 15.0 Å². The molecule has 5 heterocycles. The zero-order valence-corrected chi connectivity index (χ0v) is 23.4. The van der Waals surface area contributed by atoms with Crippen LogP contribution in [0.15, 0.2) is 61.1 Å². The van der Waals surface area contributed by atoms with E-state index in [0.29, 0.717) is 12.8 Å². The highest BCUT2D eigenvalue weighted by molar-refractivity contribution is 5.74. The number of piperidine rings is 1. The van der Waals surface area contributed by atoms with Crippen molar-refractivity contribution in [3.63, 3.8) is 0 Å². The smallest absolute Gasteiger partial charge is 0.234 e. The predicted molar refractivity (Wildman–Crippen MR) is 156 cm³/mol. The molecular formula is C33H32N8O. The number of nitriles is 1. The third-order valence-corrected chi connectivity index (χ3v) is 10.9. The van der Waals surface area contributed by atoms with Crippen molar-refractivity contribution < 1.29 is 4.74 Å². The van der Waals surface area contributed by atoms with Gasteiger partial charge in [-0.25, -0.2) is 15.0 Å². The number of rotatable bonds is 6. The SMILES string of the molecule is N#Cc1nccc(NC2CCN(CC3C4CC5(c6nc7n(c6-c6ccccc6)COc6ccncc6-7)CC3C45)CC2)n1. The first-order valence-electron chi connectivity index (χ1n) is 15.2. The van der Waals surface area contributed by atoms with Crippen molar-refractivity contribution in [2.75, 3.05) is 25.0 Å². The van der Waals surface area contributed by atoms with Crippen LogP contribution in [0.3, 0.4) is 0 Å². The maximum atomic E-state index is 9.08. The largest absolute Gasteiger partial charge is 0.472 e. The van der Waals surface area contributed by atoms with E-state index in [1.54, 1.807) is 12.4 Å². The standard InChI is InChI=1S/C33H32N8O/c34-16-28-36-11-7-27(38-28)37-21-8-12-40(13-9-21)18-25-22-14-33(15-23(25)29(22)33)31-30(20-4-2-1-3-5-20)41-19-42-26-6-10-35-17-24(26)32(41)39-31/h1-7,10-11,17,21-23,25,29H,8-9,12-15,18-19H2,(H,36,37,38). The summed E-state index contributed by atoms with van der Waals surface area (Å²) in [5.41, 5.74) is 4.95. The molecule has 5 aliphatic rings. The summed E-state index contributed by atoms with van der Waals surface area (Å²) < 4.78 is 8.45. The number of anilines is 1. The summed E-state index contributed by atoms with van der Waals surface area (Å²) in [7, 11) is 0. The molecule has 3 aromatic heterocycles. The average molecular weight is 557 g/mol. The molecule has 9 nitrogen and oxygen atoms in total. The molecule has 2 aliphatic heterocycles. The summed E-state index contributed by atoms with van der Waals surface area (Å²) in [6, 6.07) is 17.0. The van der Waals surface area contributed by atoms with Gasteiger partial charge in [-0.05, 0) is 61.5 Å². The lowest BCUT2D eigenvalue weighted by molar-refractivity contribution is -0.273. The molecule has 0 bridgehead atoms. The molecule has 9 rings (SSSR count). The van der Waals surface area contributed by atoms with Crippen molar-refractivity contribution in [1.82, 2.24) is 29.4 Å². The third-order valence-electron chi connectivity index (χ3n) is 10.9. The number of nitrogens with one attached hydrogen (secondary N) is 1. The summed E-state index contributed by atoms with van der Waals surface area (Å²) in [4.78, 5) is 20.8. The molecular weight excluding hydrogens is 524 g/mol. The monoisotopic (exact) mass is 556 g/mol. The zero-order chi connectivity index (χ0) is 27.8. The van der Waals surface area contributed by atoms with Gasteiger partial charge in [0.25, 0.3) is 0 Å². The van der Waals surface area contributed by atoms with E-state index in [9.17, 15) is 0 Å². The minimum atomic E-state index is 0.209. The van der Waals surface area contributed by atoms with Crippen molar-refractivity contribution in [3.05, 3.63) is 72.6 Å². The van der Waals surface area contributed by atoms with E-state index >= 15 is 0 Å². The molecule has 9 heteroatoms. The lowest BCUT2D eigenvalue weighted by atomic mass is 9.25. The van der Waals surface area contributed by atoms with Gasteiger partial charge in [-0.3, -0.25) is 9.55 Å². The molecule has 2 atom stereocenters. The van der Waals surface area contributed by atoms with Gasteiger partial charge < -0.3 is 15.0 Å². The van der Waals surface area contributed by atoms with Crippen molar-refractivity contribution in [3.8, 4) is 34.5 Å². The average Bonchev–Trinajstić information content (AvgIpc) is 3.43. The molecule has 1 saturated heterocycles. The number of imidazole rings is 1. The van der Waals surface area contributed by atoms with Crippen molar-refractivity contribution in [2.45, 2.75) is 43.9 Å². The highest BCUT2D eigenvalue weighted by atomic mass is 16.5. The summed E-state index contributed by atoms with van der Waals surface area (Å²) >= 11 is 0. The minimum absolute atomic E-state index is 0.209. The fourth-order valence-corrected chi connectivity index (χ4v) is 8.99. The Hall–Kier alpha value is -4.29. The first-order valence-corrected chi connectivity index (χ1v) is 15.2. The molecule has 2 unspecified atom stereocenters. The second-order valence-corrected chi connectivity index (χ2v) is 12.8. The number of hydrogen-bond donors (Lipinski definition) is 1. The molecule has 4 aromatic rings. The van der Waals surface area contributed by atoms with Gasteiger partial charge in [-0.15, -0.1) is 0 Å². The molecule has 0 amide bonds. The maximum absolute atomic E-state index is 9.08. The van der Waals surface area contributed by atoms with Crippen LogP contribution >= 0.6 is 0 Å². The van der Waals surface area contributed by atoms with E-state index in [-0.39, 0.29) is 11.2 Å². The quantitative estimate of drug-likeness (QED) is 0.364.